The van der Waals surface area contributed by atoms with E-state index in [1.54, 1.807) is 12.4 Å². The highest BCUT2D eigenvalue weighted by Gasteiger charge is 2.38. The van der Waals surface area contributed by atoms with Gasteiger partial charge in [0.15, 0.2) is 0 Å². The average molecular weight is 296 g/mol. The molecule has 3 rings (SSSR count). The molecule has 114 valence electrons. The molecule has 5 heteroatoms. The van der Waals surface area contributed by atoms with E-state index in [0.29, 0.717) is 6.42 Å². The minimum absolute atomic E-state index is 0.0802. The Balaban J connectivity index is 1.75. The number of pyridine rings is 2. The van der Waals surface area contributed by atoms with Gasteiger partial charge in [0.2, 0.25) is 5.91 Å². The Bertz CT molecular complexity index is 659. The Morgan fingerprint density at radius 1 is 1.36 bits per heavy atom. The van der Waals surface area contributed by atoms with Crippen molar-refractivity contribution in [1.29, 1.82) is 0 Å². The lowest BCUT2D eigenvalue weighted by molar-refractivity contribution is -0.127. The van der Waals surface area contributed by atoms with Crippen LogP contribution in [0.5, 0.6) is 0 Å². The molecule has 0 aliphatic carbocycles. The minimum atomic E-state index is 0.0802. The second-order valence-electron chi connectivity index (χ2n) is 5.77. The molecule has 2 aromatic heterocycles. The summed E-state index contributed by atoms with van der Waals surface area (Å²) in [6.07, 6.45) is 5.96. The molecule has 1 N–H and O–H groups in total. The maximum Gasteiger partial charge on any atom is 0.223 e. The van der Waals surface area contributed by atoms with Gasteiger partial charge in [-0.1, -0.05) is 6.07 Å². The Hall–Kier alpha value is -2.43. The molecule has 0 saturated carbocycles. The van der Waals surface area contributed by atoms with Crippen LogP contribution in [0.25, 0.3) is 0 Å². The van der Waals surface area contributed by atoms with Gasteiger partial charge in [0, 0.05) is 55.9 Å². The Labute approximate surface area is 130 Å². The van der Waals surface area contributed by atoms with Gasteiger partial charge in [0.1, 0.15) is 0 Å². The summed E-state index contributed by atoms with van der Waals surface area (Å²) < 4.78 is 0. The number of carbonyl (C=O) groups excluding carboxylic acids is 1. The molecule has 0 unspecified atom stereocenters. The summed E-state index contributed by atoms with van der Waals surface area (Å²) in [6.45, 7) is 2.72. The summed E-state index contributed by atoms with van der Waals surface area (Å²) in [5.74, 6) is 0.418. The Kier molecular flexibility index (Phi) is 4.04. The third kappa shape index (κ3) is 2.93. The van der Waals surface area contributed by atoms with Crippen LogP contribution in [0.15, 0.2) is 42.9 Å². The Morgan fingerprint density at radius 2 is 2.23 bits per heavy atom. The first-order chi connectivity index (χ1) is 10.6. The third-order valence-corrected chi connectivity index (χ3v) is 4.18. The molecule has 0 spiro atoms. The lowest BCUT2D eigenvalue weighted by atomic mass is 9.94. The molecule has 1 amide bonds. The van der Waals surface area contributed by atoms with Crippen LogP contribution in [-0.2, 0) is 4.79 Å². The van der Waals surface area contributed by atoms with E-state index in [1.165, 1.54) is 0 Å². The molecule has 1 fully saturated rings. The number of amides is 1. The molecule has 0 radical (unpaired) electrons. The number of nitrogens with zero attached hydrogens (tertiary/aromatic N) is 3. The zero-order chi connectivity index (χ0) is 15.5. The van der Waals surface area contributed by atoms with Crippen LogP contribution in [0.1, 0.15) is 23.7 Å². The predicted octanol–water partition coefficient (Wildman–Crippen LogP) is 2.42. The molecule has 0 bridgehead atoms. The molecular formula is C17H20N4O. The topological polar surface area (TPSA) is 58.1 Å². The molecule has 5 nitrogen and oxygen atoms in total. The summed E-state index contributed by atoms with van der Waals surface area (Å²) in [5.41, 5.74) is 3.11. The highest BCUT2D eigenvalue weighted by Crippen LogP contribution is 2.36. The van der Waals surface area contributed by atoms with Crippen molar-refractivity contribution in [3.05, 3.63) is 54.1 Å². The van der Waals surface area contributed by atoms with E-state index >= 15 is 0 Å². The van der Waals surface area contributed by atoms with Crippen molar-refractivity contribution in [2.24, 2.45) is 5.92 Å². The number of nitrogens with one attached hydrogen (secondary N) is 1. The fraction of sp³-hybridized carbons (Fsp3) is 0.353. The minimum Gasteiger partial charge on any atom is -0.385 e. The highest BCUT2D eigenvalue weighted by atomic mass is 16.2. The maximum absolute atomic E-state index is 12.1. The first-order valence-corrected chi connectivity index (χ1v) is 7.47. The van der Waals surface area contributed by atoms with Crippen molar-refractivity contribution in [2.75, 3.05) is 18.9 Å². The predicted molar refractivity (Wildman–Crippen MR) is 85.3 cm³/mol. The number of rotatable bonds is 4. The zero-order valence-electron chi connectivity index (χ0n) is 12.9. The summed E-state index contributed by atoms with van der Waals surface area (Å²) in [6, 6.07) is 8.00. The van der Waals surface area contributed by atoms with Crippen molar-refractivity contribution < 1.29 is 4.79 Å². The molecule has 2 aromatic rings. The number of hydrogen-bond donors (Lipinski definition) is 1. The molecule has 2 atom stereocenters. The van der Waals surface area contributed by atoms with Crippen molar-refractivity contribution in [2.45, 2.75) is 19.4 Å². The van der Waals surface area contributed by atoms with E-state index in [-0.39, 0.29) is 17.9 Å². The first-order valence-electron chi connectivity index (χ1n) is 7.47. The molecule has 1 aliphatic heterocycles. The number of carbonyl (C=O) groups is 1. The number of anilines is 1. The van der Waals surface area contributed by atoms with E-state index in [9.17, 15) is 4.79 Å². The van der Waals surface area contributed by atoms with Crippen molar-refractivity contribution in [3.63, 3.8) is 0 Å². The number of likely N-dealkylation sites (tertiary alicyclic amines) is 1. The molecule has 3 heterocycles. The van der Waals surface area contributed by atoms with Gasteiger partial charge in [0.05, 0.1) is 6.04 Å². The lowest BCUT2D eigenvalue weighted by Crippen LogP contribution is -2.26. The van der Waals surface area contributed by atoms with Crippen LogP contribution in [0.2, 0.25) is 0 Å². The first kappa shape index (κ1) is 14.5. The standard InChI is InChI=1S/C17H20N4O/c1-12-8-15(5-7-19-12)20-11-14-9-16(22)21(2)17(14)13-4-3-6-18-10-13/h3-8,10,14,17H,9,11H2,1-2H3,(H,19,20)/t14-,17-/m0/s1. The van der Waals surface area contributed by atoms with Gasteiger partial charge in [-0.15, -0.1) is 0 Å². The van der Waals surface area contributed by atoms with E-state index < -0.39 is 0 Å². The van der Waals surface area contributed by atoms with Crippen molar-refractivity contribution in [3.8, 4) is 0 Å². The molecule has 22 heavy (non-hydrogen) atoms. The summed E-state index contributed by atoms with van der Waals surface area (Å²) in [4.78, 5) is 22.3. The number of aromatic nitrogens is 2. The van der Waals surface area contributed by atoms with E-state index in [1.807, 2.05) is 49.3 Å². The van der Waals surface area contributed by atoms with Gasteiger partial charge < -0.3 is 10.2 Å². The number of aryl methyl sites for hydroxylation is 1. The van der Waals surface area contributed by atoms with E-state index in [4.69, 9.17) is 0 Å². The highest BCUT2D eigenvalue weighted by molar-refractivity contribution is 5.79. The van der Waals surface area contributed by atoms with E-state index in [2.05, 4.69) is 15.3 Å². The smallest absolute Gasteiger partial charge is 0.223 e. The van der Waals surface area contributed by atoms with Crippen molar-refractivity contribution >= 4 is 11.6 Å². The average Bonchev–Trinajstić information content (AvgIpc) is 2.81. The third-order valence-electron chi connectivity index (χ3n) is 4.18. The van der Waals surface area contributed by atoms with Crippen molar-refractivity contribution in [1.82, 2.24) is 14.9 Å². The normalized spacial score (nSPS) is 21.2. The van der Waals surface area contributed by atoms with Gasteiger partial charge in [-0.2, -0.15) is 0 Å². The monoisotopic (exact) mass is 296 g/mol. The lowest BCUT2D eigenvalue weighted by Gasteiger charge is -2.25. The molecule has 0 aromatic carbocycles. The quantitative estimate of drug-likeness (QED) is 0.941. The van der Waals surface area contributed by atoms with Crippen LogP contribution >= 0.6 is 0 Å². The zero-order valence-corrected chi connectivity index (χ0v) is 12.9. The fourth-order valence-corrected chi connectivity index (χ4v) is 3.09. The largest absolute Gasteiger partial charge is 0.385 e. The van der Waals surface area contributed by atoms with Crippen LogP contribution in [0, 0.1) is 12.8 Å². The molecular weight excluding hydrogens is 276 g/mol. The Morgan fingerprint density at radius 3 is 2.95 bits per heavy atom. The van der Waals surface area contributed by atoms with Gasteiger partial charge in [0.25, 0.3) is 0 Å². The second kappa shape index (κ2) is 6.13. The maximum atomic E-state index is 12.1. The van der Waals surface area contributed by atoms with Gasteiger partial charge in [-0.05, 0) is 30.7 Å². The van der Waals surface area contributed by atoms with Crippen LogP contribution in [0.4, 0.5) is 5.69 Å². The summed E-state index contributed by atoms with van der Waals surface area (Å²) in [7, 11) is 1.87. The molecule has 1 aliphatic rings. The summed E-state index contributed by atoms with van der Waals surface area (Å²) >= 11 is 0. The van der Waals surface area contributed by atoms with E-state index in [0.717, 1.165) is 23.5 Å². The van der Waals surface area contributed by atoms with Gasteiger partial charge in [-0.3, -0.25) is 14.8 Å². The van der Waals surface area contributed by atoms with Crippen LogP contribution < -0.4 is 5.32 Å². The van der Waals surface area contributed by atoms with Gasteiger partial charge in [-0.25, -0.2) is 0 Å². The SMILES string of the molecule is Cc1cc(NC[C@@H]2CC(=O)N(C)[C@H]2c2cccnc2)ccn1. The molecule has 1 saturated heterocycles. The van der Waals surface area contributed by atoms with Crippen LogP contribution in [-0.4, -0.2) is 34.4 Å². The number of hydrogen-bond acceptors (Lipinski definition) is 4. The second-order valence-corrected chi connectivity index (χ2v) is 5.77. The summed E-state index contributed by atoms with van der Waals surface area (Å²) in [5, 5.41) is 3.43. The fourth-order valence-electron chi connectivity index (χ4n) is 3.09. The van der Waals surface area contributed by atoms with Gasteiger partial charge >= 0.3 is 0 Å². The van der Waals surface area contributed by atoms with Crippen LogP contribution in [0.3, 0.4) is 0 Å².